The lowest BCUT2D eigenvalue weighted by molar-refractivity contribution is -0.138. The van der Waals surface area contributed by atoms with Crippen LogP contribution in [0.5, 0.6) is 5.75 Å². The number of anilines is 1. The third-order valence-electron chi connectivity index (χ3n) is 5.12. The normalized spacial score (nSPS) is 11.0. The molecule has 0 unspecified atom stereocenters. The van der Waals surface area contributed by atoms with Crippen LogP contribution in [-0.4, -0.2) is 69.8 Å². The Morgan fingerprint density at radius 3 is 2.55 bits per heavy atom. The van der Waals surface area contributed by atoms with E-state index in [-0.39, 0.29) is 36.8 Å². The molecule has 1 aromatic carbocycles. The van der Waals surface area contributed by atoms with E-state index in [4.69, 9.17) is 23.7 Å². The summed E-state index contributed by atoms with van der Waals surface area (Å²) in [6, 6.07) is 11.1. The average molecular weight is 524 g/mol. The lowest BCUT2D eigenvalue weighted by atomic mass is 10.2. The maximum Gasteiger partial charge on any atom is 0.305 e. The van der Waals surface area contributed by atoms with E-state index in [2.05, 4.69) is 20.4 Å². The van der Waals surface area contributed by atoms with Gasteiger partial charge < -0.3 is 29.1 Å². The number of hydrogen-bond donors (Lipinski definition) is 2. The SMILES string of the molecule is Cn1nc(-c2nc3cc(NC(=O)c4ccc(OCCOCCOCCC(=O)O)cn4)ccc3o2)ccc1=O. The number of fused-ring (bicyclic) bond motifs is 1. The highest BCUT2D eigenvalue weighted by atomic mass is 16.5. The molecule has 38 heavy (non-hydrogen) atoms. The molecule has 1 amide bonds. The van der Waals surface area contributed by atoms with Crippen LogP contribution in [0.2, 0.25) is 0 Å². The first-order valence-corrected chi connectivity index (χ1v) is 11.6. The highest BCUT2D eigenvalue weighted by molar-refractivity contribution is 6.03. The Hall–Kier alpha value is -4.62. The van der Waals surface area contributed by atoms with Gasteiger partial charge in [0.25, 0.3) is 11.5 Å². The molecular weight excluding hydrogens is 498 g/mol. The van der Waals surface area contributed by atoms with Gasteiger partial charge in [0.1, 0.15) is 29.3 Å². The number of carboxylic acids is 1. The first-order valence-electron chi connectivity index (χ1n) is 11.6. The number of rotatable bonds is 13. The topological polar surface area (TPSA) is 168 Å². The molecule has 2 N–H and O–H groups in total. The second-order valence-corrected chi connectivity index (χ2v) is 7.93. The average Bonchev–Trinajstić information content (AvgIpc) is 3.33. The van der Waals surface area contributed by atoms with Crippen LogP contribution >= 0.6 is 0 Å². The van der Waals surface area contributed by atoms with E-state index < -0.39 is 11.9 Å². The van der Waals surface area contributed by atoms with Crippen LogP contribution in [0.4, 0.5) is 5.69 Å². The van der Waals surface area contributed by atoms with Crippen molar-refractivity contribution in [3.05, 3.63) is 64.7 Å². The first kappa shape index (κ1) is 26.4. The van der Waals surface area contributed by atoms with Gasteiger partial charge in [-0.15, -0.1) is 0 Å². The molecule has 0 atom stereocenters. The van der Waals surface area contributed by atoms with Crippen molar-refractivity contribution in [2.75, 3.05) is 38.4 Å². The predicted molar refractivity (Wildman–Crippen MR) is 134 cm³/mol. The van der Waals surface area contributed by atoms with Crippen molar-refractivity contribution in [1.29, 1.82) is 0 Å². The number of ether oxygens (including phenoxy) is 3. The Labute approximate surface area is 216 Å². The van der Waals surface area contributed by atoms with Gasteiger partial charge in [0.05, 0.1) is 39.0 Å². The fourth-order valence-corrected chi connectivity index (χ4v) is 3.23. The molecule has 4 aromatic rings. The Kier molecular flexibility index (Phi) is 8.74. The van der Waals surface area contributed by atoms with Crippen LogP contribution in [0.3, 0.4) is 0 Å². The van der Waals surface area contributed by atoms with Crippen LogP contribution in [0.25, 0.3) is 22.7 Å². The monoisotopic (exact) mass is 523 g/mol. The van der Waals surface area contributed by atoms with Crippen molar-refractivity contribution in [3.63, 3.8) is 0 Å². The maximum absolute atomic E-state index is 12.6. The molecule has 0 saturated carbocycles. The molecule has 4 rings (SSSR count). The molecule has 0 fully saturated rings. The summed E-state index contributed by atoms with van der Waals surface area (Å²) >= 11 is 0. The van der Waals surface area contributed by atoms with E-state index in [1.54, 1.807) is 30.3 Å². The molecule has 3 heterocycles. The molecule has 198 valence electrons. The minimum Gasteiger partial charge on any atom is -0.490 e. The summed E-state index contributed by atoms with van der Waals surface area (Å²) < 4.78 is 22.9. The van der Waals surface area contributed by atoms with Gasteiger partial charge >= 0.3 is 5.97 Å². The number of aryl methyl sites for hydroxylation is 1. The number of pyridine rings is 1. The van der Waals surface area contributed by atoms with Gasteiger partial charge in [0, 0.05) is 18.8 Å². The summed E-state index contributed by atoms with van der Waals surface area (Å²) in [6.07, 6.45) is 1.40. The van der Waals surface area contributed by atoms with E-state index in [1.807, 2.05) is 0 Å². The minimum absolute atomic E-state index is 0.0424. The van der Waals surface area contributed by atoms with Crippen LogP contribution in [0.15, 0.2) is 57.9 Å². The quantitative estimate of drug-likeness (QED) is 0.246. The van der Waals surface area contributed by atoms with Crippen molar-refractivity contribution < 1.29 is 33.3 Å². The van der Waals surface area contributed by atoms with E-state index in [0.717, 1.165) is 0 Å². The summed E-state index contributed by atoms with van der Waals surface area (Å²) in [5.41, 5.74) is 1.88. The summed E-state index contributed by atoms with van der Waals surface area (Å²) in [5.74, 6) is -0.584. The molecule has 0 bridgehead atoms. The van der Waals surface area contributed by atoms with Gasteiger partial charge in [0.2, 0.25) is 5.89 Å². The fourth-order valence-electron chi connectivity index (χ4n) is 3.23. The number of aliphatic carboxylic acids is 1. The Morgan fingerprint density at radius 1 is 1.03 bits per heavy atom. The zero-order chi connectivity index (χ0) is 26.9. The number of carbonyl (C=O) groups is 2. The van der Waals surface area contributed by atoms with Gasteiger partial charge in [-0.3, -0.25) is 14.4 Å². The van der Waals surface area contributed by atoms with Gasteiger partial charge in [-0.25, -0.2) is 14.6 Å². The highest BCUT2D eigenvalue weighted by Crippen LogP contribution is 2.25. The number of nitrogens with zero attached hydrogens (tertiary/aromatic N) is 4. The summed E-state index contributed by atoms with van der Waals surface area (Å²) in [7, 11) is 1.54. The zero-order valence-electron chi connectivity index (χ0n) is 20.5. The predicted octanol–water partition coefficient (Wildman–Crippen LogP) is 2.12. The van der Waals surface area contributed by atoms with E-state index in [9.17, 15) is 14.4 Å². The van der Waals surface area contributed by atoms with Gasteiger partial charge in [-0.05, 0) is 36.4 Å². The van der Waals surface area contributed by atoms with E-state index in [0.29, 0.717) is 48.1 Å². The van der Waals surface area contributed by atoms with Crippen molar-refractivity contribution in [3.8, 4) is 17.3 Å². The standard InChI is InChI=1S/C25H25N5O8/c1-30-22(31)7-5-19(29-30)25-28-20-14-16(2-6-21(20)38-25)27-24(34)18-4-3-17(15-26-18)37-13-12-36-11-10-35-9-8-23(32)33/h2-7,14-15H,8-13H2,1H3,(H,27,34)(H,32,33). The number of amides is 1. The molecule has 3 aromatic heterocycles. The summed E-state index contributed by atoms with van der Waals surface area (Å²) in [6.45, 7) is 1.36. The number of nitrogens with one attached hydrogen (secondary N) is 1. The van der Waals surface area contributed by atoms with E-state index in [1.165, 1.54) is 30.1 Å². The van der Waals surface area contributed by atoms with Crippen LogP contribution in [0, 0.1) is 0 Å². The minimum atomic E-state index is -0.906. The van der Waals surface area contributed by atoms with Gasteiger partial charge in [-0.2, -0.15) is 5.10 Å². The molecule has 0 radical (unpaired) electrons. The molecule has 0 aliphatic rings. The zero-order valence-corrected chi connectivity index (χ0v) is 20.5. The second kappa shape index (κ2) is 12.6. The number of benzene rings is 1. The molecule has 13 nitrogen and oxygen atoms in total. The lowest BCUT2D eigenvalue weighted by Crippen LogP contribution is -2.18. The van der Waals surface area contributed by atoms with Crippen LogP contribution in [-0.2, 0) is 21.3 Å². The summed E-state index contributed by atoms with van der Waals surface area (Å²) in [5, 5.41) is 15.4. The van der Waals surface area contributed by atoms with Crippen molar-refractivity contribution >= 4 is 28.7 Å². The Bertz CT molecular complexity index is 1460. The number of oxazole rings is 1. The molecule has 0 saturated heterocycles. The van der Waals surface area contributed by atoms with Crippen LogP contribution in [0.1, 0.15) is 16.9 Å². The third kappa shape index (κ3) is 7.21. The maximum atomic E-state index is 12.6. The fraction of sp³-hybridized carbons (Fsp3) is 0.280. The van der Waals surface area contributed by atoms with Gasteiger partial charge in [0.15, 0.2) is 5.58 Å². The molecule has 0 aliphatic carbocycles. The second-order valence-electron chi connectivity index (χ2n) is 7.93. The van der Waals surface area contributed by atoms with E-state index >= 15 is 0 Å². The smallest absolute Gasteiger partial charge is 0.305 e. The molecule has 13 heteroatoms. The van der Waals surface area contributed by atoms with Gasteiger partial charge in [-0.1, -0.05) is 0 Å². The van der Waals surface area contributed by atoms with Crippen LogP contribution < -0.4 is 15.6 Å². The number of carbonyl (C=O) groups excluding carboxylic acids is 1. The lowest BCUT2D eigenvalue weighted by Gasteiger charge is -2.08. The number of hydrogen-bond acceptors (Lipinski definition) is 10. The summed E-state index contributed by atoms with van der Waals surface area (Å²) in [4.78, 5) is 43.1. The molecular formula is C25H25N5O8. The highest BCUT2D eigenvalue weighted by Gasteiger charge is 2.13. The third-order valence-corrected chi connectivity index (χ3v) is 5.12. The Balaban J connectivity index is 1.25. The largest absolute Gasteiger partial charge is 0.490 e. The molecule has 0 aliphatic heterocycles. The number of aromatic nitrogens is 4. The number of carboxylic acid groups (broad SMARTS) is 1. The van der Waals surface area contributed by atoms with Crippen molar-refractivity contribution in [2.24, 2.45) is 7.05 Å². The van der Waals surface area contributed by atoms with Crippen molar-refractivity contribution in [2.45, 2.75) is 6.42 Å². The molecule has 0 spiro atoms. The van der Waals surface area contributed by atoms with Crippen molar-refractivity contribution in [1.82, 2.24) is 19.7 Å². The Morgan fingerprint density at radius 2 is 1.82 bits per heavy atom. The first-order chi connectivity index (χ1) is 18.4.